The van der Waals surface area contributed by atoms with E-state index >= 15 is 0 Å². The van der Waals surface area contributed by atoms with Gasteiger partial charge in [0.15, 0.2) is 0 Å². The highest BCUT2D eigenvalue weighted by Crippen LogP contribution is 2.31. The van der Waals surface area contributed by atoms with E-state index in [4.69, 9.17) is 19.3 Å². The third-order valence-electron chi connectivity index (χ3n) is 4.91. The Hall–Kier alpha value is -1.30. The summed E-state index contributed by atoms with van der Waals surface area (Å²) in [6.45, 7) is 4.47. The first kappa shape index (κ1) is 18.0. The first-order chi connectivity index (χ1) is 11.2. The molecule has 0 radical (unpaired) electrons. The third kappa shape index (κ3) is 4.83. The summed E-state index contributed by atoms with van der Waals surface area (Å²) in [4.78, 5) is 11.7. The zero-order valence-electron chi connectivity index (χ0n) is 14.6. The Bertz CT molecular complexity index is 413. The van der Waals surface area contributed by atoms with Crippen molar-refractivity contribution in [2.75, 3.05) is 34.0 Å². The summed E-state index contributed by atoms with van der Waals surface area (Å²) < 4.78 is 16.0. The zero-order valence-corrected chi connectivity index (χ0v) is 14.6. The maximum atomic E-state index is 11.7. The molecule has 0 saturated carbocycles. The van der Waals surface area contributed by atoms with Crippen molar-refractivity contribution in [2.24, 2.45) is 16.9 Å². The number of carbonyl (C=O) groups excluding carboxylic acids is 1. The Morgan fingerprint density at radius 3 is 2.91 bits per heavy atom. The summed E-state index contributed by atoms with van der Waals surface area (Å²) in [5.74, 6) is 1.08. The number of hydrogen-bond donors (Lipinski definition) is 0. The first-order valence-corrected chi connectivity index (χ1v) is 8.73. The van der Waals surface area contributed by atoms with Crippen LogP contribution in [-0.4, -0.2) is 56.9 Å². The molecule has 0 aliphatic carbocycles. The maximum Gasteiger partial charge on any atom is 0.305 e. The minimum atomic E-state index is -0.153. The highest BCUT2D eigenvalue weighted by molar-refractivity contribution is 5.80. The van der Waals surface area contributed by atoms with E-state index in [2.05, 4.69) is 11.9 Å². The molecule has 2 aliphatic rings. The monoisotopic (exact) mass is 326 g/mol. The predicted octanol–water partition coefficient (Wildman–Crippen LogP) is 2.43. The van der Waals surface area contributed by atoms with E-state index in [1.165, 1.54) is 7.11 Å². The first-order valence-electron chi connectivity index (χ1n) is 8.73. The van der Waals surface area contributed by atoms with Crippen molar-refractivity contribution < 1.29 is 19.0 Å². The average molecular weight is 326 g/mol. The summed E-state index contributed by atoms with van der Waals surface area (Å²) in [7, 11) is 3.17. The van der Waals surface area contributed by atoms with Crippen LogP contribution in [0, 0.1) is 11.8 Å². The van der Waals surface area contributed by atoms with E-state index in [1.54, 1.807) is 7.11 Å². The minimum Gasteiger partial charge on any atom is -0.480 e. The molecule has 0 aromatic rings. The van der Waals surface area contributed by atoms with Gasteiger partial charge in [-0.1, -0.05) is 13.3 Å². The van der Waals surface area contributed by atoms with Crippen LogP contribution in [0.25, 0.3) is 0 Å². The lowest BCUT2D eigenvalue weighted by Crippen LogP contribution is -2.36. The zero-order chi connectivity index (χ0) is 16.7. The normalized spacial score (nSPS) is 27.8. The van der Waals surface area contributed by atoms with Crippen molar-refractivity contribution in [3.63, 3.8) is 0 Å². The molecule has 2 saturated heterocycles. The van der Waals surface area contributed by atoms with Crippen molar-refractivity contribution >= 4 is 11.9 Å². The Labute approximate surface area is 139 Å². The molecule has 23 heavy (non-hydrogen) atoms. The van der Waals surface area contributed by atoms with Crippen LogP contribution in [0.5, 0.6) is 0 Å². The number of nitrogens with zero attached hydrogens (tertiary/aromatic N) is 2. The van der Waals surface area contributed by atoms with Crippen LogP contribution in [0.4, 0.5) is 0 Å². The minimum absolute atomic E-state index is 0.153. The smallest absolute Gasteiger partial charge is 0.305 e. The average Bonchev–Trinajstić information content (AvgIpc) is 3.00. The molecule has 0 N–H and O–H groups in total. The van der Waals surface area contributed by atoms with Crippen molar-refractivity contribution in [1.29, 1.82) is 0 Å². The van der Waals surface area contributed by atoms with Gasteiger partial charge >= 0.3 is 5.97 Å². The molecule has 2 aliphatic heterocycles. The van der Waals surface area contributed by atoms with Crippen LogP contribution in [-0.2, 0) is 19.0 Å². The van der Waals surface area contributed by atoms with Crippen LogP contribution >= 0.6 is 0 Å². The Morgan fingerprint density at radius 2 is 2.22 bits per heavy atom. The van der Waals surface area contributed by atoms with Gasteiger partial charge in [-0.15, -0.1) is 5.10 Å². The molecule has 0 unspecified atom stereocenters. The van der Waals surface area contributed by atoms with Gasteiger partial charge in [0.05, 0.1) is 26.4 Å². The van der Waals surface area contributed by atoms with E-state index in [0.717, 1.165) is 44.5 Å². The maximum absolute atomic E-state index is 11.7. The lowest BCUT2D eigenvalue weighted by molar-refractivity contribution is -0.142. The van der Waals surface area contributed by atoms with E-state index in [9.17, 15) is 4.79 Å². The molecular weight excluding hydrogens is 296 g/mol. The van der Waals surface area contributed by atoms with Crippen LogP contribution in [0.1, 0.15) is 45.4 Å². The largest absolute Gasteiger partial charge is 0.480 e. The molecule has 3 atom stereocenters. The second-order valence-corrected chi connectivity index (χ2v) is 6.40. The number of esters is 1. The van der Waals surface area contributed by atoms with E-state index < -0.39 is 0 Å². The summed E-state index contributed by atoms with van der Waals surface area (Å²) in [6, 6.07) is 0.333. The van der Waals surface area contributed by atoms with Gasteiger partial charge < -0.3 is 14.2 Å². The number of rotatable bonds is 7. The highest BCUT2D eigenvalue weighted by atomic mass is 16.5. The standard InChI is InChI=1S/C17H30N2O4/c1-4-13(11-16(20)22-3)15-8-6-10-23-17(15)18-19-9-5-7-14(19)12-21-2/h13-15H,4-12H2,1-3H3/b18-17+/t13-,14-,15-/m0/s1. The number of ether oxygens (including phenoxy) is 3. The van der Waals surface area contributed by atoms with E-state index in [-0.39, 0.29) is 17.8 Å². The fourth-order valence-corrected chi connectivity index (χ4v) is 3.56. The fraction of sp³-hybridized carbons (Fsp3) is 0.882. The summed E-state index contributed by atoms with van der Waals surface area (Å²) >= 11 is 0. The number of hydrazone groups is 1. The molecule has 2 rings (SSSR count). The SMILES string of the molecule is CC[C@@H](CC(=O)OC)[C@@H]1CCCO/C1=N/N1CCC[C@H]1COC. The quantitative estimate of drug-likeness (QED) is 0.673. The number of carbonyl (C=O) groups is 1. The van der Waals surface area contributed by atoms with Gasteiger partial charge in [0.25, 0.3) is 0 Å². The van der Waals surface area contributed by atoms with Gasteiger partial charge in [-0.05, 0) is 31.6 Å². The molecule has 0 amide bonds. The molecule has 6 heteroatoms. The molecule has 2 fully saturated rings. The number of hydrogen-bond acceptors (Lipinski definition) is 6. The van der Waals surface area contributed by atoms with Gasteiger partial charge in [-0.25, -0.2) is 0 Å². The Kier molecular flexibility index (Phi) is 7.15. The molecule has 0 bridgehead atoms. The van der Waals surface area contributed by atoms with Crippen molar-refractivity contribution in [1.82, 2.24) is 5.01 Å². The molecule has 0 aromatic heterocycles. The van der Waals surface area contributed by atoms with Gasteiger partial charge in [-0.2, -0.15) is 0 Å². The van der Waals surface area contributed by atoms with Crippen LogP contribution in [0.15, 0.2) is 5.10 Å². The van der Waals surface area contributed by atoms with Crippen molar-refractivity contribution in [3.8, 4) is 0 Å². The van der Waals surface area contributed by atoms with E-state index in [1.807, 2.05) is 0 Å². The van der Waals surface area contributed by atoms with Gasteiger partial charge in [-0.3, -0.25) is 9.80 Å². The number of methoxy groups -OCH3 is 2. The molecule has 132 valence electrons. The van der Waals surface area contributed by atoms with Crippen molar-refractivity contribution in [2.45, 2.75) is 51.5 Å². The second-order valence-electron chi connectivity index (χ2n) is 6.40. The van der Waals surface area contributed by atoms with Crippen molar-refractivity contribution in [3.05, 3.63) is 0 Å². The Balaban J connectivity index is 2.10. The second kappa shape index (κ2) is 9.11. The molecular formula is C17H30N2O4. The molecule has 0 spiro atoms. The van der Waals surface area contributed by atoms with Gasteiger partial charge in [0, 0.05) is 26.0 Å². The Morgan fingerprint density at radius 1 is 1.39 bits per heavy atom. The van der Waals surface area contributed by atoms with Crippen LogP contribution in [0.3, 0.4) is 0 Å². The topological polar surface area (TPSA) is 60.4 Å². The summed E-state index contributed by atoms with van der Waals surface area (Å²) in [6.07, 6.45) is 5.63. The molecule has 2 heterocycles. The lowest BCUT2D eigenvalue weighted by Gasteiger charge is -2.32. The summed E-state index contributed by atoms with van der Waals surface area (Å²) in [5.41, 5.74) is 0. The highest BCUT2D eigenvalue weighted by Gasteiger charge is 2.33. The third-order valence-corrected chi connectivity index (χ3v) is 4.91. The molecule has 0 aromatic carbocycles. The van der Waals surface area contributed by atoms with Crippen LogP contribution < -0.4 is 0 Å². The van der Waals surface area contributed by atoms with Crippen LogP contribution in [0.2, 0.25) is 0 Å². The van der Waals surface area contributed by atoms with Gasteiger partial charge in [0.1, 0.15) is 0 Å². The fourth-order valence-electron chi connectivity index (χ4n) is 3.56. The van der Waals surface area contributed by atoms with E-state index in [0.29, 0.717) is 25.7 Å². The summed E-state index contributed by atoms with van der Waals surface area (Å²) in [5, 5.41) is 6.93. The predicted molar refractivity (Wildman–Crippen MR) is 88.1 cm³/mol. The molecule has 6 nitrogen and oxygen atoms in total. The lowest BCUT2D eigenvalue weighted by atomic mass is 9.83. The van der Waals surface area contributed by atoms with Gasteiger partial charge in [0.2, 0.25) is 5.90 Å².